The van der Waals surface area contributed by atoms with E-state index in [9.17, 15) is 4.79 Å². The van der Waals surface area contributed by atoms with E-state index in [-0.39, 0.29) is 5.91 Å². The molecular formula is C11H13N5OS. The molecule has 0 atom stereocenters. The maximum absolute atomic E-state index is 12.0. The Morgan fingerprint density at radius 1 is 1.56 bits per heavy atom. The first-order valence-electron chi connectivity index (χ1n) is 5.78. The summed E-state index contributed by atoms with van der Waals surface area (Å²) in [6.07, 6.45) is 2.62. The van der Waals surface area contributed by atoms with E-state index in [1.165, 1.54) is 11.3 Å². The molecule has 0 aliphatic carbocycles. The van der Waals surface area contributed by atoms with Crippen LogP contribution in [-0.4, -0.2) is 27.6 Å². The summed E-state index contributed by atoms with van der Waals surface area (Å²) in [4.78, 5) is 16.1. The Hall–Kier alpha value is -1.73. The minimum absolute atomic E-state index is 0.147. The molecule has 0 fully saturated rings. The van der Waals surface area contributed by atoms with Crippen LogP contribution in [0.25, 0.3) is 0 Å². The van der Waals surface area contributed by atoms with Crippen LogP contribution < -0.4 is 10.6 Å². The fourth-order valence-electron chi connectivity index (χ4n) is 1.99. The number of rotatable bonds is 3. The van der Waals surface area contributed by atoms with Gasteiger partial charge >= 0.3 is 0 Å². The lowest BCUT2D eigenvalue weighted by Crippen LogP contribution is -2.28. The summed E-state index contributed by atoms with van der Waals surface area (Å²) < 4.78 is 0. The number of aromatic amines is 1. The monoisotopic (exact) mass is 263 g/mol. The highest BCUT2D eigenvalue weighted by molar-refractivity contribution is 7.09. The van der Waals surface area contributed by atoms with Gasteiger partial charge in [-0.2, -0.15) is 5.10 Å². The van der Waals surface area contributed by atoms with Crippen molar-refractivity contribution >= 4 is 17.2 Å². The van der Waals surface area contributed by atoms with Crippen molar-refractivity contribution in [1.82, 2.24) is 25.8 Å². The molecule has 0 saturated heterocycles. The first-order valence-corrected chi connectivity index (χ1v) is 6.66. The van der Waals surface area contributed by atoms with Gasteiger partial charge in [0.15, 0.2) is 5.69 Å². The lowest BCUT2D eigenvalue weighted by atomic mass is 10.1. The Balaban J connectivity index is 1.70. The second kappa shape index (κ2) is 4.87. The van der Waals surface area contributed by atoms with Crippen LogP contribution in [0.2, 0.25) is 0 Å². The minimum atomic E-state index is -0.147. The van der Waals surface area contributed by atoms with Crippen LogP contribution in [-0.2, 0) is 19.5 Å². The molecule has 0 aromatic carbocycles. The van der Waals surface area contributed by atoms with Gasteiger partial charge in [-0.25, -0.2) is 4.98 Å². The first kappa shape index (κ1) is 11.4. The van der Waals surface area contributed by atoms with Gasteiger partial charge < -0.3 is 10.6 Å². The van der Waals surface area contributed by atoms with Crippen LogP contribution in [0.15, 0.2) is 11.6 Å². The molecule has 0 bridgehead atoms. The van der Waals surface area contributed by atoms with Crippen molar-refractivity contribution in [2.24, 2.45) is 0 Å². The lowest BCUT2D eigenvalue weighted by molar-refractivity contribution is 0.0944. The largest absolute Gasteiger partial charge is 0.344 e. The highest BCUT2D eigenvalue weighted by Gasteiger charge is 2.21. The SMILES string of the molecule is O=C(NCc1nccs1)c1n[nH]c2c1CNCC2. The maximum Gasteiger partial charge on any atom is 0.272 e. The molecule has 1 aliphatic heterocycles. The highest BCUT2D eigenvalue weighted by atomic mass is 32.1. The van der Waals surface area contributed by atoms with Crippen molar-refractivity contribution in [3.8, 4) is 0 Å². The molecule has 1 aliphatic rings. The van der Waals surface area contributed by atoms with Gasteiger partial charge in [0.05, 0.1) is 6.54 Å². The average Bonchev–Trinajstić information content (AvgIpc) is 3.05. The van der Waals surface area contributed by atoms with Gasteiger partial charge in [-0.1, -0.05) is 0 Å². The van der Waals surface area contributed by atoms with Crippen LogP contribution in [0.4, 0.5) is 0 Å². The molecular weight excluding hydrogens is 250 g/mol. The lowest BCUT2D eigenvalue weighted by Gasteiger charge is -2.12. The van der Waals surface area contributed by atoms with Gasteiger partial charge in [0.2, 0.25) is 0 Å². The van der Waals surface area contributed by atoms with Crippen molar-refractivity contribution in [3.05, 3.63) is 33.5 Å². The molecule has 0 radical (unpaired) electrons. The molecule has 0 spiro atoms. The molecule has 7 heteroatoms. The molecule has 0 unspecified atom stereocenters. The number of hydrogen-bond donors (Lipinski definition) is 3. The van der Waals surface area contributed by atoms with Gasteiger partial charge in [0, 0.05) is 42.3 Å². The Morgan fingerprint density at radius 2 is 2.50 bits per heavy atom. The zero-order valence-corrected chi connectivity index (χ0v) is 10.5. The van der Waals surface area contributed by atoms with Crippen LogP contribution in [0, 0.1) is 0 Å². The molecule has 0 saturated carbocycles. The number of carbonyl (C=O) groups is 1. The Kier molecular flexibility index (Phi) is 3.07. The van der Waals surface area contributed by atoms with Crippen molar-refractivity contribution in [1.29, 1.82) is 0 Å². The number of H-pyrrole nitrogens is 1. The number of carbonyl (C=O) groups excluding carboxylic acids is 1. The number of aromatic nitrogens is 3. The van der Waals surface area contributed by atoms with E-state index in [1.807, 2.05) is 5.38 Å². The number of hydrogen-bond acceptors (Lipinski definition) is 5. The Morgan fingerprint density at radius 3 is 3.33 bits per heavy atom. The standard InChI is InChI=1S/C11H13N5OS/c17-11(14-6-9-13-3-4-18-9)10-7-5-12-2-1-8(7)15-16-10/h3-4,12H,1-2,5-6H2,(H,14,17)(H,15,16). The molecule has 3 N–H and O–H groups in total. The zero-order chi connectivity index (χ0) is 12.4. The highest BCUT2D eigenvalue weighted by Crippen LogP contribution is 2.15. The molecule has 2 aromatic heterocycles. The Labute approximate surface area is 108 Å². The topological polar surface area (TPSA) is 82.7 Å². The van der Waals surface area contributed by atoms with E-state index >= 15 is 0 Å². The number of nitrogens with zero attached hydrogens (tertiary/aromatic N) is 2. The third kappa shape index (κ3) is 2.14. The predicted molar refractivity (Wildman–Crippen MR) is 67.3 cm³/mol. The van der Waals surface area contributed by atoms with Gasteiger partial charge in [-0.15, -0.1) is 11.3 Å². The van der Waals surface area contributed by atoms with E-state index < -0.39 is 0 Å². The van der Waals surface area contributed by atoms with E-state index in [0.717, 1.165) is 29.2 Å². The fraction of sp³-hybridized carbons (Fsp3) is 0.364. The summed E-state index contributed by atoms with van der Waals surface area (Å²) in [5.41, 5.74) is 2.54. The number of thiazole rings is 1. The van der Waals surface area contributed by atoms with Gasteiger partial charge in [0.1, 0.15) is 5.01 Å². The van der Waals surface area contributed by atoms with Gasteiger partial charge in [0.25, 0.3) is 5.91 Å². The zero-order valence-electron chi connectivity index (χ0n) is 9.69. The van der Waals surface area contributed by atoms with Gasteiger partial charge in [-0.3, -0.25) is 9.89 Å². The molecule has 1 amide bonds. The van der Waals surface area contributed by atoms with Gasteiger partial charge in [-0.05, 0) is 0 Å². The van der Waals surface area contributed by atoms with Crippen molar-refractivity contribution in [2.45, 2.75) is 19.5 Å². The maximum atomic E-state index is 12.0. The van der Waals surface area contributed by atoms with Crippen molar-refractivity contribution in [2.75, 3.05) is 6.54 Å². The second-order valence-corrected chi connectivity index (χ2v) is 5.04. The summed E-state index contributed by atoms with van der Waals surface area (Å²) in [5, 5.41) is 15.9. The summed E-state index contributed by atoms with van der Waals surface area (Å²) in [7, 11) is 0. The predicted octanol–water partition coefficient (Wildman–Crippen LogP) is 0.442. The van der Waals surface area contributed by atoms with E-state index in [0.29, 0.717) is 18.8 Å². The smallest absolute Gasteiger partial charge is 0.272 e. The third-order valence-electron chi connectivity index (χ3n) is 2.91. The summed E-state index contributed by atoms with van der Waals surface area (Å²) >= 11 is 1.52. The molecule has 3 heterocycles. The number of fused-ring (bicyclic) bond motifs is 1. The minimum Gasteiger partial charge on any atom is -0.344 e. The number of amides is 1. The molecule has 3 rings (SSSR count). The van der Waals surface area contributed by atoms with E-state index in [2.05, 4.69) is 25.8 Å². The van der Waals surface area contributed by atoms with E-state index in [1.54, 1.807) is 6.20 Å². The fourth-order valence-corrected chi connectivity index (χ4v) is 2.55. The van der Waals surface area contributed by atoms with Crippen LogP contribution in [0.1, 0.15) is 26.8 Å². The summed E-state index contributed by atoms with van der Waals surface area (Å²) in [6, 6.07) is 0. The Bertz CT molecular complexity index is 548. The average molecular weight is 263 g/mol. The van der Waals surface area contributed by atoms with Crippen LogP contribution in [0.5, 0.6) is 0 Å². The normalized spacial score (nSPS) is 14.2. The number of nitrogens with one attached hydrogen (secondary N) is 3. The second-order valence-electron chi connectivity index (χ2n) is 4.06. The van der Waals surface area contributed by atoms with E-state index in [4.69, 9.17) is 0 Å². The van der Waals surface area contributed by atoms with Crippen LogP contribution >= 0.6 is 11.3 Å². The summed E-state index contributed by atoms with van der Waals surface area (Å²) in [6.45, 7) is 2.08. The summed E-state index contributed by atoms with van der Waals surface area (Å²) in [5.74, 6) is -0.147. The molecule has 2 aromatic rings. The third-order valence-corrected chi connectivity index (χ3v) is 3.68. The molecule has 94 valence electrons. The quantitative estimate of drug-likeness (QED) is 0.750. The van der Waals surface area contributed by atoms with Crippen molar-refractivity contribution in [3.63, 3.8) is 0 Å². The molecule has 6 nitrogen and oxygen atoms in total. The van der Waals surface area contributed by atoms with Crippen molar-refractivity contribution < 1.29 is 4.79 Å². The first-order chi connectivity index (χ1) is 8.84. The van der Waals surface area contributed by atoms with Crippen LogP contribution in [0.3, 0.4) is 0 Å². The molecule has 18 heavy (non-hydrogen) atoms.